The summed E-state index contributed by atoms with van der Waals surface area (Å²) < 4.78 is 3.63. The molecule has 8 aromatic rings. The molecule has 4 nitrogen and oxygen atoms in total. The second-order valence-electron chi connectivity index (χ2n) is 11.9. The van der Waals surface area contributed by atoms with Crippen LogP contribution in [0.5, 0.6) is 0 Å². The van der Waals surface area contributed by atoms with Crippen LogP contribution >= 0.6 is 11.3 Å². The van der Waals surface area contributed by atoms with Crippen LogP contribution in [-0.4, -0.2) is 10.4 Å². The molecule has 3 N–H and O–H groups in total. The van der Waals surface area contributed by atoms with E-state index in [1.54, 1.807) is 11.3 Å². The lowest BCUT2D eigenvalue weighted by molar-refractivity contribution is 0.759. The lowest BCUT2D eigenvalue weighted by Crippen LogP contribution is -2.32. The summed E-state index contributed by atoms with van der Waals surface area (Å²) in [5.41, 5.74) is 15.1. The van der Waals surface area contributed by atoms with E-state index in [4.69, 9.17) is 10.7 Å². The van der Waals surface area contributed by atoms with Gasteiger partial charge in [-0.05, 0) is 71.3 Å². The van der Waals surface area contributed by atoms with Crippen LogP contribution < -0.4 is 11.1 Å². The monoisotopic (exact) mass is 610 g/mol. The summed E-state index contributed by atoms with van der Waals surface area (Å²) in [4.78, 5) is 5.14. The third-order valence-corrected chi connectivity index (χ3v) is 10.2. The van der Waals surface area contributed by atoms with Crippen LogP contribution in [0.25, 0.3) is 54.4 Å². The van der Waals surface area contributed by atoms with Crippen molar-refractivity contribution in [2.75, 3.05) is 5.73 Å². The van der Waals surface area contributed by atoms with Gasteiger partial charge >= 0.3 is 0 Å². The van der Waals surface area contributed by atoms with Crippen LogP contribution in [0.1, 0.15) is 35.2 Å². The zero-order valence-corrected chi connectivity index (χ0v) is 26.1. The first-order chi connectivity index (χ1) is 22.7. The summed E-state index contributed by atoms with van der Waals surface area (Å²) in [5.74, 6) is 0.834. The minimum absolute atomic E-state index is 0.0637. The minimum atomic E-state index is -0.0637. The molecule has 3 heterocycles. The van der Waals surface area contributed by atoms with Crippen LogP contribution in [-0.2, 0) is 0 Å². The van der Waals surface area contributed by atoms with Crippen LogP contribution in [0.2, 0.25) is 0 Å². The maximum absolute atomic E-state index is 6.45. The summed E-state index contributed by atoms with van der Waals surface area (Å²) in [6, 6.07) is 45.7. The predicted molar refractivity (Wildman–Crippen MR) is 197 cm³/mol. The molecule has 9 rings (SSSR count). The number of anilines is 1. The first-order valence-electron chi connectivity index (χ1n) is 15.6. The van der Waals surface area contributed by atoms with Gasteiger partial charge in [0.25, 0.3) is 0 Å². The van der Waals surface area contributed by atoms with E-state index in [-0.39, 0.29) is 6.04 Å². The van der Waals surface area contributed by atoms with Crippen molar-refractivity contribution >= 4 is 76.6 Å². The molecule has 0 spiro atoms. The summed E-state index contributed by atoms with van der Waals surface area (Å²) in [5, 5.41) is 11.1. The third kappa shape index (κ3) is 4.16. The zero-order chi connectivity index (χ0) is 30.8. The Morgan fingerprint density at radius 2 is 1.48 bits per heavy atom. The molecule has 220 valence electrons. The van der Waals surface area contributed by atoms with E-state index in [9.17, 15) is 0 Å². The number of amidine groups is 1. The number of hydrogen-bond donors (Lipinski definition) is 2. The van der Waals surface area contributed by atoms with Gasteiger partial charge in [0.1, 0.15) is 10.8 Å². The van der Waals surface area contributed by atoms with Gasteiger partial charge in [-0.1, -0.05) is 97.1 Å². The molecule has 1 unspecified atom stereocenters. The van der Waals surface area contributed by atoms with Crippen molar-refractivity contribution in [3.63, 3.8) is 0 Å². The normalized spacial score (nSPS) is 14.7. The van der Waals surface area contributed by atoms with E-state index in [2.05, 4.69) is 131 Å². The summed E-state index contributed by atoms with van der Waals surface area (Å²) in [6.07, 6.45) is 4.04. The van der Waals surface area contributed by atoms with Gasteiger partial charge < -0.3 is 15.6 Å². The zero-order valence-electron chi connectivity index (χ0n) is 25.2. The molecule has 0 saturated carbocycles. The second kappa shape index (κ2) is 10.5. The Morgan fingerprint density at radius 3 is 2.28 bits per heavy atom. The van der Waals surface area contributed by atoms with Crippen LogP contribution in [0, 0.1) is 0 Å². The molecule has 0 saturated heterocycles. The third-order valence-electron chi connectivity index (χ3n) is 9.13. The molecule has 0 radical (unpaired) electrons. The Bertz CT molecular complexity index is 2530. The molecular weight excluding hydrogens is 581 g/mol. The van der Waals surface area contributed by atoms with Crippen LogP contribution in [0.15, 0.2) is 138 Å². The molecule has 6 aromatic carbocycles. The predicted octanol–water partition coefficient (Wildman–Crippen LogP) is 10.5. The SMILES string of the molecule is C/C=C\c1ccc(C2=Nc3sc4ccccc4c3C(c3ccc(-n4c5ccccc5c5cc6ccccc6cc54)cc3)N2)cc1N. The summed E-state index contributed by atoms with van der Waals surface area (Å²) >= 11 is 1.74. The Labute approximate surface area is 270 Å². The maximum Gasteiger partial charge on any atom is 0.135 e. The number of nitrogens with one attached hydrogen (secondary N) is 1. The lowest BCUT2D eigenvalue weighted by atomic mass is 9.95. The molecule has 46 heavy (non-hydrogen) atoms. The van der Waals surface area contributed by atoms with Gasteiger partial charge in [0.05, 0.1) is 17.1 Å². The first-order valence-corrected chi connectivity index (χ1v) is 16.4. The van der Waals surface area contributed by atoms with Crippen molar-refractivity contribution in [2.24, 2.45) is 4.99 Å². The number of thiophene rings is 1. The Kier molecular flexibility index (Phi) is 6.08. The van der Waals surface area contributed by atoms with Gasteiger partial charge in [-0.3, -0.25) is 0 Å². The first kappa shape index (κ1) is 26.7. The Hall–Kier alpha value is -5.65. The second-order valence-corrected chi connectivity index (χ2v) is 12.9. The number of hydrogen-bond acceptors (Lipinski definition) is 4. The van der Waals surface area contributed by atoms with Crippen molar-refractivity contribution < 1.29 is 0 Å². The highest BCUT2D eigenvalue weighted by molar-refractivity contribution is 7.22. The highest BCUT2D eigenvalue weighted by Crippen LogP contribution is 2.46. The number of aliphatic imine (C=N–C) groups is 1. The number of allylic oxidation sites excluding steroid dienone is 1. The molecule has 1 atom stereocenters. The highest BCUT2D eigenvalue weighted by atomic mass is 32.1. The molecule has 0 fully saturated rings. The van der Waals surface area contributed by atoms with Crippen LogP contribution in [0.4, 0.5) is 10.7 Å². The van der Waals surface area contributed by atoms with Gasteiger partial charge in [0.15, 0.2) is 0 Å². The van der Waals surface area contributed by atoms with Crippen molar-refractivity contribution in [1.82, 2.24) is 9.88 Å². The molecule has 0 amide bonds. The molecule has 1 aliphatic heterocycles. The number of rotatable bonds is 4. The average molecular weight is 611 g/mol. The van der Waals surface area contributed by atoms with E-state index in [0.717, 1.165) is 33.3 Å². The van der Waals surface area contributed by atoms with E-state index in [1.807, 2.05) is 25.1 Å². The number of benzene rings is 6. The van der Waals surface area contributed by atoms with Crippen LogP contribution in [0.3, 0.4) is 0 Å². The van der Waals surface area contributed by atoms with Gasteiger partial charge in [0.2, 0.25) is 0 Å². The van der Waals surface area contributed by atoms with Gasteiger partial charge in [-0.2, -0.15) is 0 Å². The Balaban J connectivity index is 1.18. The highest BCUT2D eigenvalue weighted by Gasteiger charge is 2.28. The van der Waals surface area contributed by atoms with E-state index < -0.39 is 0 Å². The largest absolute Gasteiger partial charge is 0.398 e. The van der Waals surface area contributed by atoms with E-state index >= 15 is 0 Å². The quantitative estimate of drug-likeness (QED) is 0.195. The van der Waals surface area contributed by atoms with E-state index in [0.29, 0.717) is 0 Å². The average Bonchev–Trinajstić information content (AvgIpc) is 3.63. The number of fused-ring (bicyclic) bond motifs is 7. The number of aromatic nitrogens is 1. The fourth-order valence-corrected chi connectivity index (χ4v) is 8.08. The maximum atomic E-state index is 6.45. The Morgan fingerprint density at radius 1 is 0.739 bits per heavy atom. The van der Waals surface area contributed by atoms with Crippen molar-refractivity contribution in [3.05, 3.63) is 156 Å². The van der Waals surface area contributed by atoms with Crippen molar-refractivity contribution in [3.8, 4) is 5.69 Å². The number of nitrogen functional groups attached to an aromatic ring is 1. The van der Waals surface area contributed by atoms with Crippen molar-refractivity contribution in [2.45, 2.75) is 13.0 Å². The fourth-order valence-electron chi connectivity index (χ4n) is 6.96. The molecule has 0 aliphatic carbocycles. The smallest absolute Gasteiger partial charge is 0.135 e. The molecule has 0 bridgehead atoms. The molecular formula is C41H30N4S. The van der Waals surface area contributed by atoms with Gasteiger partial charge in [-0.25, -0.2) is 4.99 Å². The molecule has 5 heteroatoms. The lowest BCUT2D eigenvalue weighted by Gasteiger charge is -2.26. The van der Waals surface area contributed by atoms with Gasteiger partial charge in [-0.15, -0.1) is 11.3 Å². The molecule has 1 aliphatic rings. The topological polar surface area (TPSA) is 55.3 Å². The number of nitrogens with zero attached hydrogens (tertiary/aromatic N) is 2. The standard InChI is InChI=1S/C41H30N4S/c1-2-9-25-16-17-29(23-34(25)42)40-43-39(38-32-13-6-8-15-37(32)46-41(38)44-40)26-18-20-30(21-19-26)45-35-14-7-5-12-31(35)33-22-27-10-3-4-11-28(27)24-36(33)45/h2-24,39H,42H2,1H3,(H,43,44)/b9-2-. The minimum Gasteiger partial charge on any atom is -0.398 e. The van der Waals surface area contributed by atoms with Crippen molar-refractivity contribution in [1.29, 1.82) is 0 Å². The number of para-hydroxylation sites is 1. The summed E-state index contributed by atoms with van der Waals surface area (Å²) in [6.45, 7) is 2.00. The number of nitrogens with two attached hydrogens (primary N) is 1. The van der Waals surface area contributed by atoms with Gasteiger partial charge in [0, 0.05) is 43.4 Å². The molecule has 2 aromatic heterocycles. The summed E-state index contributed by atoms with van der Waals surface area (Å²) in [7, 11) is 0. The van der Waals surface area contributed by atoms with E-state index in [1.165, 1.54) is 53.8 Å². The fraction of sp³-hybridized carbons (Fsp3) is 0.0488.